The minimum absolute atomic E-state index is 0. The largest absolute Gasteiger partial charge is 0.370 e. The van der Waals surface area contributed by atoms with Gasteiger partial charge in [0.15, 0.2) is 0 Å². The number of rotatable bonds is 4. The lowest BCUT2D eigenvalue weighted by Crippen LogP contribution is -2.20. The van der Waals surface area contributed by atoms with Gasteiger partial charge >= 0.3 is 0 Å². The van der Waals surface area contributed by atoms with Gasteiger partial charge in [0.2, 0.25) is 0 Å². The van der Waals surface area contributed by atoms with Crippen molar-refractivity contribution in [1.29, 1.82) is 0 Å². The Balaban J connectivity index is 0.00000245. The van der Waals surface area contributed by atoms with Crippen LogP contribution in [0.25, 0.3) is 10.9 Å². The summed E-state index contributed by atoms with van der Waals surface area (Å²) < 4.78 is 0. The van der Waals surface area contributed by atoms with E-state index in [1.54, 1.807) is 0 Å². The van der Waals surface area contributed by atoms with E-state index >= 15 is 0 Å². The molecule has 2 heterocycles. The highest BCUT2D eigenvalue weighted by molar-refractivity contribution is 6.05. The molecule has 1 saturated heterocycles. The van der Waals surface area contributed by atoms with Crippen LogP contribution in [-0.2, 0) is 0 Å². The van der Waals surface area contributed by atoms with E-state index in [2.05, 4.69) is 46.6 Å². The molecule has 1 fully saturated rings. The summed E-state index contributed by atoms with van der Waals surface area (Å²) in [7, 11) is 0. The third kappa shape index (κ3) is 4.46. The second-order valence-electron chi connectivity index (χ2n) is 8.18. The number of hydrogen-bond acceptors (Lipinski definition) is 3. The molecule has 0 spiro atoms. The van der Waals surface area contributed by atoms with Crippen LogP contribution in [0.4, 0.5) is 11.4 Å². The molecule has 4 nitrogen and oxygen atoms in total. The molecule has 0 bridgehead atoms. The van der Waals surface area contributed by atoms with Crippen LogP contribution < -0.4 is 10.2 Å². The minimum Gasteiger partial charge on any atom is -0.370 e. The number of hydrogen-bond donors (Lipinski definition) is 1. The Bertz CT molecular complexity index is 1230. The molecular formula is C27H26ClN3O. The van der Waals surface area contributed by atoms with E-state index in [1.807, 2.05) is 55.5 Å². The number of pyridine rings is 1. The van der Waals surface area contributed by atoms with Crippen molar-refractivity contribution in [3.63, 3.8) is 0 Å². The average Bonchev–Trinajstić information content (AvgIpc) is 3.30. The van der Waals surface area contributed by atoms with Crippen molar-refractivity contribution >= 4 is 40.6 Å². The first kappa shape index (κ1) is 21.8. The molecule has 1 aromatic heterocycles. The van der Waals surface area contributed by atoms with Gasteiger partial charge in [0.1, 0.15) is 0 Å². The zero-order valence-electron chi connectivity index (χ0n) is 18.0. The molecule has 32 heavy (non-hydrogen) atoms. The number of fused-ring (bicyclic) bond motifs is 1. The van der Waals surface area contributed by atoms with Crippen LogP contribution >= 0.6 is 12.4 Å². The SMILES string of the molecule is Cc1cc(N2CCC(c3ccccc3)C2)c2cc(NC(=O)c3ccccc3)ccc2n1.Cl. The topological polar surface area (TPSA) is 45.2 Å². The van der Waals surface area contributed by atoms with E-state index in [0.29, 0.717) is 11.5 Å². The van der Waals surface area contributed by atoms with Crippen LogP contribution in [0, 0.1) is 6.92 Å². The number of anilines is 2. The highest BCUT2D eigenvalue weighted by Crippen LogP contribution is 2.35. The molecular weight excluding hydrogens is 418 g/mol. The summed E-state index contributed by atoms with van der Waals surface area (Å²) in [6.07, 6.45) is 1.14. The lowest BCUT2D eigenvalue weighted by molar-refractivity contribution is 0.102. The molecule has 162 valence electrons. The first-order valence-corrected chi connectivity index (χ1v) is 10.7. The number of aryl methyl sites for hydroxylation is 1. The van der Waals surface area contributed by atoms with Gasteiger partial charge in [0, 0.05) is 47.0 Å². The maximum Gasteiger partial charge on any atom is 0.255 e. The predicted molar refractivity (Wildman–Crippen MR) is 134 cm³/mol. The van der Waals surface area contributed by atoms with Gasteiger partial charge in [-0.1, -0.05) is 48.5 Å². The lowest BCUT2D eigenvalue weighted by Gasteiger charge is -2.22. The molecule has 1 amide bonds. The average molecular weight is 444 g/mol. The highest BCUT2D eigenvalue weighted by atomic mass is 35.5. The first-order valence-electron chi connectivity index (χ1n) is 10.7. The Kier molecular flexibility index (Phi) is 6.42. The molecule has 3 aromatic carbocycles. The summed E-state index contributed by atoms with van der Waals surface area (Å²) in [5, 5.41) is 4.11. The van der Waals surface area contributed by atoms with Gasteiger partial charge < -0.3 is 10.2 Å². The molecule has 1 unspecified atom stereocenters. The Labute approximate surface area is 194 Å². The van der Waals surface area contributed by atoms with E-state index in [4.69, 9.17) is 4.98 Å². The molecule has 1 atom stereocenters. The number of carbonyl (C=O) groups is 1. The lowest BCUT2D eigenvalue weighted by atomic mass is 9.99. The molecule has 0 saturated carbocycles. The van der Waals surface area contributed by atoms with Gasteiger partial charge in [-0.25, -0.2) is 0 Å². The van der Waals surface area contributed by atoms with Crippen LogP contribution in [0.1, 0.15) is 34.0 Å². The van der Waals surface area contributed by atoms with Crippen molar-refractivity contribution in [3.05, 3.63) is 102 Å². The number of nitrogens with zero attached hydrogens (tertiary/aromatic N) is 2. The minimum atomic E-state index is -0.105. The molecule has 5 heteroatoms. The van der Waals surface area contributed by atoms with Gasteiger partial charge in [0.25, 0.3) is 5.91 Å². The molecule has 5 rings (SSSR count). The molecule has 4 aromatic rings. The van der Waals surface area contributed by atoms with E-state index in [-0.39, 0.29) is 18.3 Å². The summed E-state index contributed by atoms with van der Waals surface area (Å²) in [5.41, 5.74) is 5.98. The first-order chi connectivity index (χ1) is 15.2. The van der Waals surface area contributed by atoms with Crippen molar-refractivity contribution in [2.45, 2.75) is 19.3 Å². The maximum absolute atomic E-state index is 12.6. The van der Waals surface area contributed by atoms with Gasteiger partial charge in [-0.15, -0.1) is 12.4 Å². The zero-order valence-corrected chi connectivity index (χ0v) is 18.8. The van der Waals surface area contributed by atoms with Crippen LogP contribution in [0.2, 0.25) is 0 Å². The normalized spacial score (nSPS) is 15.4. The zero-order chi connectivity index (χ0) is 21.2. The van der Waals surface area contributed by atoms with Crippen LogP contribution in [-0.4, -0.2) is 24.0 Å². The van der Waals surface area contributed by atoms with E-state index in [9.17, 15) is 4.79 Å². The second kappa shape index (κ2) is 9.41. The van der Waals surface area contributed by atoms with Gasteiger partial charge in [-0.3, -0.25) is 9.78 Å². The van der Waals surface area contributed by atoms with Crippen molar-refractivity contribution in [2.24, 2.45) is 0 Å². The Morgan fingerprint density at radius 1 is 0.969 bits per heavy atom. The van der Waals surface area contributed by atoms with Crippen LogP contribution in [0.3, 0.4) is 0 Å². The molecule has 1 N–H and O–H groups in total. The smallest absolute Gasteiger partial charge is 0.255 e. The fraction of sp³-hybridized carbons (Fsp3) is 0.185. The fourth-order valence-electron chi connectivity index (χ4n) is 4.45. The summed E-state index contributed by atoms with van der Waals surface area (Å²) in [6.45, 7) is 4.04. The van der Waals surface area contributed by atoms with Crippen molar-refractivity contribution < 1.29 is 4.79 Å². The molecule has 1 aliphatic rings. The van der Waals surface area contributed by atoms with Gasteiger partial charge in [-0.2, -0.15) is 0 Å². The number of aromatic nitrogens is 1. The summed E-state index contributed by atoms with van der Waals surface area (Å²) >= 11 is 0. The third-order valence-electron chi connectivity index (χ3n) is 6.01. The molecule has 0 aliphatic carbocycles. The van der Waals surface area contributed by atoms with E-state index in [0.717, 1.165) is 41.8 Å². The number of nitrogens with one attached hydrogen (secondary N) is 1. The number of benzene rings is 3. The number of carbonyl (C=O) groups excluding carboxylic acids is 1. The van der Waals surface area contributed by atoms with Crippen molar-refractivity contribution in [1.82, 2.24) is 4.98 Å². The molecule has 1 aliphatic heterocycles. The Hall–Kier alpha value is -3.37. The fourth-order valence-corrected chi connectivity index (χ4v) is 4.45. The van der Waals surface area contributed by atoms with E-state index in [1.165, 1.54) is 11.3 Å². The van der Waals surface area contributed by atoms with Crippen LogP contribution in [0.5, 0.6) is 0 Å². The van der Waals surface area contributed by atoms with Gasteiger partial charge in [0.05, 0.1) is 5.52 Å². The predicted octanol–water partition coefficient (Wildman–Crippen LogP) is 6.21. The van der Waals surface area contributed by atoms with Crippen molar-refractivity contribution in [3.8, 4) is 0 Å². The summed E-state index contributed by atoms with van der Waals surface area (Å²) in [4.78, 5) is 19.8. The third-order valence-corrected chi connectivity index (χ3v) is 6.01. The maximum atomic E-state index is 12.6. The molecule has 0 radical (unpaired) electrons. The second-order valence-corrected chi connectivity index (χ2v) is 8.18. The summed E-state index contributed by atoms with van der Waals surface area (Å²) in [6, 6.07) is 28.2. The standard InChI is InChI=1S/C27H25N3O.ClH/c1-19-16-26(30-15-14-22(18-30)20-8-4-2-5-9-20)24-17-23(12-13-25(24)28-19)29-27(31)21-10-6-3-7-11-21;/h2-13,16-17,22H,14-15,18H2,1H3,(H,29,31);1H. The number of halogens is 1. The Morgan fingerprint density at radius 2 is 1.69 bits per heavy atom. The summed E-state index contributed by atoms with van der Waals surface area (Å²) in [5.74, 6) is 0.428. The van der Waals surface area contributed by atoms with Crippen LogP contribution in [0.15, 0.2) is 84.9 Å². The Morgan fingerprint density at radius 3 is 2.44 bits per heavy atom. The monoisotopic (exact) mass is 443 g/mol. The highest BCUT2D eigenvalue weighted by Gasteiger charge is 2.25. The number of amides is 1. The van der Waals surface area contributed by atoms with Crippen molar-refractivity contribution in [2.75, 3.05) is 23.3 Å². The quantitative estimate of drug-likeness (QED) is 0.407. The van der Waals surface area contributed by atoms with Gasteiger partial charge in [-0.05, 0) is 55.3 Å². The van der Waals surface area contributed by atoms with E-state index < -0.39 is 0 Å².